The van der Waals surface area contributed by atoms with Gasteiger partial charge in [-0.25, -0.2) is 0 Å². The lowest BCUT2D eigenvalue weighted by atomic mass is 9.97. The van der Waals surface area contributed by atoms with E-state index in [-0.39, 0.29) is 11.3 Å². The molecule has 1 fully saturated rings. The van der Waals surface area contributed by atoms with E-state index in [2.05, 4.69) is 11.9 Å². The number of nitrogens with zero attached hydrogens (tertiary/aromatic N) is 2. The van der Waals surface area contributed by atoms with Crippen molar-refractivity contribution in [2.24, 2.45) is 0 Å². The number of hydrogen-bond acceptors (Lipinski definition) is 5. The lowest BCUT2D eigenvalue weighted by Gasteiger charge is -2.24. The van der Waals surface area contributed by atoms with Crippen LogP contribution < -0.4 is 9.64 Å². The zero-order chi connectivity index (χ0) is 24.2. The number of hydrogen-bond donors (Lipinski definition) is 1. The highest BCUT2D eigenvalue weighted by molar-refractivity contribution is 6.51. The van der Waals surface area contributed by atoms with Crippen molar-refractivity contribution in [3.63, 3.8) is 0 Å². The molecule has 34 heavy (non-hydrogen) atoms. The summed E-state index contributed by atoms with van der Waals surface area (Å²) in [5.41, 5.74) is 3.52. The first-order valence-electron chi connectivity index (χ1n) is 11.4. The predicted octanol–water partition coefficient (Wildman–Crippen LogP) is 5.37. The normalized spacial score (nSPS) is 17.3. The smallest absolute Gasteiger partial charge is 0.300 e. The summed E-state index contributed by atoms with van der Waals surface area (Å²) in [4.78, 5) is 32.3. The number of aliphatic hydroxyl groups excluding tert-OH is 1. The molecule has 1 aromatic heterocycles. The maximum absolute atomic E-state index is 13.2. The van der Waals surface area contributed by atoms with E-state index in [0.717, 1.165) is 24.8 Å². The molecule has 0 aliphatic carbocycles. The molecule has 1 atom stereocenters. The molecular formula is C28H28N2O4. The molecule has 0 spiro atoms. The van der Waals surface area contributed by atoms with Gasteiger partial charge in [-0.05, 0) is 73.4 Å². The van der Waals surface area contributed by atoms with E-state index < -0.39 is 17.7 Å². The number of anilines is 1. The molecule has 6 heteroatoms. The average molecular weight is 457 g/mol. The number of benzene rings is 2. The number of carbonyl (C=O) groups is 2. The van der Waals surface area contributed by atoms with Crippen molar-refractivity contribution < 1.29 is 19.4 Å². The molecule has 2 heterocycles. The van der Waals surface area contributed by atoms with Crippen molar-refractivity contribution in [1.29, 1.82) is 0 Å². The third kappa shape index (κ3) is 4.31. The molecule has 0 bridgehead atoms. The number of aryl methyl sites for hydroxylation is 2. The van der Waals surface area contributed by atoms with E-state index in [1.807, 2.05) is 31.2 Å². The summed E-state index contributed by atoms with van der Waals surface area (Å²) in [6.07, 6.45) is 4.75. The molecule has 3 aromatic rings. The van der Waals surface area contributed by atoms with E-state index in [4.69, 9.17) is 4.74 Å². The van der Waals surface area contributed by atoms with E-state index in [9.17, 15) is 14.7 Å². The molecule has 0 radical (unpaired) electrons. The van der Waals surface area contributed by atoms with Crippen LogP contribution in [-0.4, -0.2) is 28.9 Å². The standard InChI is InChI=1S/C28H28N2O4/c1-4-5-8-19-10-13-21(14-11-19)30-25(22-9-6-7-16-29-22)24(27(32)28(30)33)26(31)20-12-15-23(34-3)18(2)17-20/h6-7,9-17,25,31H,4-5,8H2,1-3H3/b26-24-. The van der Waals surface area contributed by atoms with Crippen molar-refractivity contribution in [2.75, 3.05) is 12.0 Å². The van der Waals surface area contributed by atoms with Crippen molar-refractivity contribution >= 4 is 23.1 Å². The second-order valence-electron chi connectivity index (χ2n) is 8.38. The molecule has 4 rings (SSSR count). The Balaban J connectivity index is 1.84. The SMILES string of the molecule is CCCCc1ccc(N2C(=O)C(=O)/C(=C(\O)c3ccc(OC)c(C)c3)C2c2ccccn2)cc1. The molecule has 1 saturated heterocycles. The Hall–Kier alpha value is -3.93. The van der Waals surface area contributed by atoms with Gasteiger partial charge in [0.25, 0.3) is 11.7 Å². The highest BCUT2D eigenvalue weighted by Crippen LogP contribution is 2.41. The molecule has 1 N–H and O–H groups in total. The number of aromatic nitrogens is 1. The van der Waals surface area contributed by atoms with Gasteiger partial charge in [-0.1, -0.05) is 31.5 Å². The van der Waals surface area contributed by atoms with Crippen LogP contribution in [0.25, 0.3) is 5.76 Å². The van der Waals surface area contributed by atoms with Gasteiger partial charge in [0.15, 0.2) is 0 Å². The lowest BCUT2D eigenvalue weighted by molar-refractivity contribution is -0.132. The molecule has 0 saturated carbocycles. The van der Waals surface area contributed by atoms with E-state index in [1.165, 1.54) is 10.5 Å². The molecule has 174 valence electrons. The Morgan fingerprint density at radius 2 is 1.85 bits per heavy atom. The molecule has 2 aromatic carbocycles. The first-order chi connectivity index (χ1) is 16.5. The Bertz CT molecular complexity index is 1230. The number of rotatable bonds is 7. The Morgan fingerprint density at radius 3 is 2.47 bits per heavy atom. The molecule has 1 amide bonds. The fraction of sp³-hybridized carbons (Fsp3) is 0.250. The van der Waals surface area contributed by atoms with E-state index in [0.29, 0.717) is 22.7 Å². The minimum atomic E-state index is -0.843. The second kappa shape index (κ2) is 9.91. The Morgan fingerprint density at radius 1 is 1.09 bits per heavy atom. The molecule has 6 nitrogen and oxygen atoms in total. The van der Waals surface area contributed by atoms with Crippen LogP contribution in [0.2, 0.25) is 0 Å². The number of unbranched alkanes of at least 4 members (excludes halogenated alkanes) is 1. The van der Waals surface area contributed by atoms with Gasteiger partial charge in [0.2, 0.25) is 0 Å². The van der Waals surface area contributed by atoms with Gasteiger partial charge >= 0.3 is 0 Å². The van der Waals surface area contributed by atoms with Gasteiger partial charge in [-0.15, -0.1) is 0 Å². The fourth-order valence-corrected chi connectivity index (χ4v) is 4.30. The third-order valence-corrected chi connectivity index (χ3v) is 6.11. The van der Waals surface area contributed by atoms with Crippen LogP contribution in [0, 0.1) is 6.92 Å². The largest absolute Gasteiger partial charge is 0.507 e. The summed E-state index contributed by atoms with van der Waals surface area (Å²) in [5.74, 6) is -0.997. The molecular weight excluding hydrogens is 428 g/mol. The number of ether oxygens (including phenoxy) is 1. The first kappa shape index (κ1) is 23.2. The number of ketones is 1. The Labute approximate surface area is 199 Å². The highest BCUT2D eigenvalue weighted by Gasteiger charge is 2.47. The predicted molar refractivity (Wildman–Crippen MR) is 132 cm³/mol. The van der Waals surface area contributed by atoms with Crippen LogP contribution in [0.3, 0.4) is 0 Å². The van der Waals surface area contributed by atoms with Gasteiger partial charge in [0.05, 0.1) is 18.4 Å². The van der Waals surface area contributed by atoms with Gasteiger partial charge in [-0.3, -0.25) is 19.5 Å². The molecule has 1 unspecified atom stereocenters. The maximum Gasteiger partial charge on any atom is 0.300 e. The van der Waals surface area contributed by atoms with Crippen molar-refractivity contribution in [1.82, 2.24) is 4.98 Å². The molecule has 1 aliphatic rings. The highest BCUT2D eigenvalue weighted by atomic mass is 16.5. The zero-order valence-electron chi connectivity index (χ0n) is 19.6. The summed E-state index contributed by atoms with van der Waals surface area (Å²) in [5, 5.41) is 11.2. The number of aliphatic hydroxyl groups is 1. The molecule has 1 aliphatic heterocycles. The van der Waals surface area contributed by atoms with Crippen LogP contribution in [0.4, 0.5) is 5.69 Å². The topological polar surface area (TPSA) is 79.7 Å². The van der Waals surface area contributed by atoms with E-state index in [1.54, 1.807) is 49.7 Å². The lowest BCUT2D eigenvalue weighted by Crippen LogP contribution is -2.29. The summed E-state index contributed by atoms with van der Waals surface area (Å²) in [7, 11) is 1.57. The van der Waals surface area contributed by atoms with Gasteiger partial charge in [-0.2, -0.15) is 0 Å². The maximum atomic E-state index is 13.2. The van der Waals surface area contributed by atoms with Gasteiger partial charge < -0.3 is 9.84 Å². The van der Waals surface area contributed by atoms with Crippen molar-refractivity contribution in [3.8, 4) is 5.75 Å². The number of methoxy groups -OCH3 is 1. The summed E-state index contributed by atoms with van der Waals surface area (Å²) < 4.78 is 5.31. The van der Waals surface area contributed by atoms with Crippen LogP contribution in [0.15, 0.2) is 72.4 Å². The second-order valence-corrected chi connectivity index (χ2v) is 8.38. The minimum absolute atomic E-state index is 0.0170. The zero-order valence-corrected chi connectivity index (χ0v) is 19.6. The average Bonchev–Trinajstić information content (AvgIpc) is 3.13. The number of pyridine rings is 1. The van der Waals surface area contributed by atoms with Gasteiger partial charge in [0.1, 0.15) is 17.6 Å². The fourth-order valence-electron chi connectivity index (χ4n) is 4.30. The van der Waals surface area contributed by atoms with Gasteiger partial charge in [0, 0.05) is 17.4 Å². The third-order valence-electron chi connectivity index (χ3n) is 6.11. The van der Waals surface area contributed by atoms with Crippen LogP contribution >= 0.6 is 0 Å². The minimum Gasteiger partial charge on any atom is -0.507 e. The first-order valence-corrected chi connectivity index (χ1v) is 11.4. The van der Waals surface area contributed by atoms with Crippen LogP contribution in [0.1, 0.15) is 48.2 Å². The quantitative estimate of drug-likeness (QED) is 0.294. The van der Waals surface area contributed by atoms with Crippen molar-refractivity contribution in [3.05, 3.63) is 94.8 Å². The monoisotopic (exact) mass is 456 g/mol. The van der Waals surface area contributed by atoms with E-state index >= 15 is 0 Å². The summed E-state index contributed by atoms with van der Waals surface area (Å²) in [6, 6.07) is 17.3. The summed E-state index contributed by atoms with van der Waals surface area (Å²) >= 11 is 0. The summed E-state index contributed by atoms with van der Waals surface area (Å²) in [6.45, 7) is 4.00. The number of Topliss-reactive ketones (excluding diaryl/α,β-unsaturated/α-hetero) is 1. The van der Waals surface area contributed by atoms with Crippen molar-refractivity contribution in [2.45, 2.75) is 39.2 Å². The van der Waals surface area contributed by atoms with Crippen LogP contribution in [-0.2, 0) is 16.0 Å². The number of carbonyl (C=O) groups excluding carboxylic acids is 2. The van der Waals surface area contributed by atoms with Crippen LogP contribution in [0.5, 0.6) is 5.75 Å². The number of amides is 1. The Kier molecular flexibility index (Phi) is 6.77.